The van der Waals surface area contributed by atoms with E-state index in [-0.39, 0.29) is 5.41 Å². The van der Waals surface area contributed by atoms with Gasteiger partial charge in [0.25, 0.3) is 0 Å². The molecule has 1 aliphatic carbocycles. The minimum atomic E-state index is -1.46. The lowest BCUT2D eigenvalue weighted by molar-refractivity contribution is -0.354. The van der Waals surface area contributed by atoms with Gasteiger partial charge in [-0.25, -0.2) is 0 Å². The maximum atomic E-state index is 11.2. The minimum Gasteiger partial charge on any atom is -0.394 e. The molecule has 2 heterocycles. The Morgan fingerprint density at radius 2 is 1.47 bits per heavy atom. The first-order chi connectivity index (χ1) is 15.9. The molecule has 0 aromatic rings. The molecule has 12 atom stereocenters. The highest BCUT2D eigenvalue weighted by Crippen LogP contribution is 2.59. The van der Waals surface area contributed by atoms with E-state index in [9.17, 15) is 30.6 Å². The van der Waals surface area contributed by atoms with E-state index < -0.39 is 80.0 Å². The van der Waals surface area contributed by atoms with E-state index in [1.54, 1.807) is 0 Å². The van der Waals surface area contributed by atoms with Gasteiger partial charge in [-0.2, -0.15) is 0 Å². The van der Waals surface area contributed by atoms with Crippen LogP contribution >= 0.6 is 0 Å². The zero-order valence-corrected chi connectivity index (χ0v) is 20.9. The summed E-state index contributed by atoms with van der Waals surface area (Å²) < 4.78 is 23.5. The predicted molar refractivity (Wildman–Crippen MR) is 121 cm³/mol. The number of rotatable bonds is 10. The summed E-state index contributed by atoms with van der Waals surface area (Å²) in [6.45, 7) is 8.73. The van der Waals surface area contributed by atoms with Gasteiger partial charge in [-0.1, -0.05) is 33.6 Å². The summed E-state index contributed by atoms with van der Waals surface area (Å²) in [5.41, 5.74) is -0.987. The van der Waals surface area contributed by atoms with Gasteiger partial charge < -0.3 is 49.6 Å². The van der Waals surface area contributed by atoms with Crippen molar-refractivity contribution >= 4 is 0 Å². The third-order valence-electron chi connectivity index (χ3n) is 7.89. The van der Waals surface area contributed by atoms with Crippen LogP contribution in [0.25, 0.3) is 0 Å². The molecule has 3 rings (SSSR count). The molecule has 1 saturated carbocycles. The SMILES string of the molecule is CCCC(C)(C)O[C@@H]1C(O)C(CO)O[C@H](O[C@@H]2C(O)C(CO)OC([C@]3(C)CC3CC)[C@H]2O)[C@H]1O. The minimum absolute atomic E-state index is 0.324. The van der Waals surface area contributed by atoms with Gasteiger partial charge in [0.05, 0.1) is 24.9 Å². The molecule has 2 saturated heterocycles. The van der Waals surface area contributed by atoms with Crippen LogP contribution in [-0.2, 0) is 18.9 Å². The molecule has 0 amide bonds. The molecule has 0 spiro atoms. The van der Waals surface area contributed by atoms with Crippen LogP contribution in [0.3, 0.4) is 0 Å². The average Bonchev–Trinajstić information content (AvgIpc) is 3.46. The number of hydrogen-bond donors (Lipinski definition) is 6. The molecule has 2 aliphatic heterocycles. The van der Waals surface area contributed by atoms with Crippen LogP contribution in [-0.4, -0.2) is 111 Å². The first kappa shape index (κ1) is 28.2. The molecule has 10 nitrogen and oxygen atoms in total. The molecule has 6 unspecified atom stereocenters. The smallest absolute Gasteiger partial charge is 0.187 e. The van der Waals surface area contributed by atoms with Crippen molar-refractivity contribution < 1.29 is 49.6 Å². The number of ether oxygens (including phenoxy) is 4. The van der Waals surface area contributed by atoms with Crippen molar-refractivity contribution in [2.24, 2.45) is 11.3 Å². The van der Waals surface area contributed by atoms with Crippen molar-refractivity contribution in [1.29, 1.82) is 0 Å². The molecule has 0 aromatic carbocycles. The lowest BCUT2D eigenvalue weighted by atomic mass is 9.85. The van der Waals surface area contributed by atoms with E-state index in [0.717, 1.165) is 19.3 Å². The fourth-order valence-electron chi connectivity index (χ4n) is 5.71. The van der Waals surface area contributed by atoms with E-state index in [0.29, 0.717) is 12.3 Å². The molecule has 200 valence electrons. The Balaban J connectivity index is 1.81. The summed E-state index contributed by atoms with van der Waals surface area (Å²) in [6.07, 6.45) is -8.66. The second kappa shape index (κ2) is 10.9. The van der Waals surface area contributed by atoms with Crippen molar-refractivity contribution in [2.75, 3.05) is 13.2 Å². The summed E-state index contributed by atoms with van der Waals surface area (Å²) in [4.78, 5) is 0. The molecule has 3 fully saturated rings. The second-order valence-corrected chi connectivity index (χ2v) is 11.0. The molecular weight excluding hydrogens is 448 g/mol. The van der Waals surface area contributed by atoms with Crippen LogP contribution in [0.4, 0.5) is 0 Å². The van der Waals surface area contributed by atoms with Gasteiger partial charge in [-0.05, 0) is 38.0 Å². The first-order valence-corrected chi connectivity index (χ1v) is 12.5. The molecular formula is C24H44O10. The van der Waals surface area contributed by atoms with Gasteiger partial charge in [0.15, 0.2) is 6.29 Å². The van der Waals surface area contributed by atoms with Gasteiger partial charge in [0.1, 0.15) is 48.8 Å². The summed E-state index contributed by atoms with van der Waals surface area (Å²) in [5.74, 6) is 0.339. The topological polar surface area (TPSA) is 158 Å². The highest BCUT2D eigenvalue weighted by Gasteiger charge is 2.62. The Bertz CT molecular complexity index is 662. The average molecular weight is 493 g/mol. The third-order valence-corrected chi connectivity index (χ3v) is 7.89. The van der Waals surface area contributed by atoms with Crippen LogP contribution in [0.1, 0.15) is 60.3 Å². The van der Waals surface area contributed by atoms with Gasteiger partial charge in [0.2, 0.25) is 0 Å². The van der Waals surface area contributed by atoms with Crippen molar-refractivity contribution in [1.82, 2.24) is 0 Å². The molecule has 34 heavy (non-hydrogen) atoms. The van der Waals surface area contributed by atoms with Crippen molar-refractivity contribution in [3.05, 3.63) is 0 Å². The Morgan fingerprint density at radius 3 is 2.00 bits per heavy atom. The first-order valence-electron chi connectivity index (χ1n) is 12.5. The van der Waals surface area contributed by atoms with Crippen molar-refractivity contribution in [2.45, 2.75) is 127 Å². The van der Waals surface area contributed by atoms with E-state index in [1.165, 1.54) is 0 Å². The largest absolute Gasteiger partial charge is 0.394 e. The Morgan fingerprint density at radius 1 is 0.882 bits per heavy atom. The molecule has 0 radical (unpaired) electrons. The highest BCUT2D eigenvalue weighted by molar-refractivity contribution is 5.10. The van der Waals surface area contributed by atoms with Crippen LogP contribution in [0.15, 0.2) is 0 Å². The molecule has 6 N–H and O–H groups in total. The maximum Gasteiger partial charge on any atom is 0.187 e. The van der Waals surface area contributed by atoms with Crippen LogP contribution in [0.2, 0.25) is 0 Å². The molecule has 0 aromatic heterocycles. The molecule has 10 heteroatoms. The van der Waals surface area contributed by atoms with E-state index in [4.69, 9.17) is 18.9 Å². The van der Waals surface area contributed by atoms with Gasteiger partial charge in [0, 0.05) is 0 Å². The Hall–Kier alpha value is -0.400. The van der Waals surface area contributed by atoms with E-state index >= 15 is 0 Å². The van der Waals surface area contributed by atoms with Crippen LogP contribution in [0, 0.1) is 11.3 Å². The zero-order chi connectivity index (χ0) is 25.4. The Labute approximate surface area is 201 Å². The van der Waals surface area contributed by atoms with Crippen LogP contribution in [0.5, 0.6) is 0 Å². The molecule has 3 aliphatic rings. The lowest BCUT2D eigenvalue weighted by Gasteiger charge is -2.49. The summed E-state index contributed by atoms with van der Waals surface area (Å²) in [5, 5.41) is 63.2. The van der Waals surface area contributed by atoms with Crippen molar-refractivity contribution in [3.8, 4) is 0 Å². The number of aliphatic hydroxyl groups excluding tert-OH is 6. The van der Waals surface area contributed by atoms with Crippen molar-refractivity contribution in [3.63, 3.8) is 0 Å². The quantitative estimate of drug-likeness (QED) is 0.239. The zero-order valence-electron chi connectivity index (χ0n) is 20.9. The fraction of sp³-hybridized carbons (Fsp3) is 1.00. The second-order valence-electron chi connectivity index (χ2n) is 11.0. The maximum absolute atomic E-state index is 11.2. The van der Waals surface area contributed by atoms with Crippen LogP contribution < -0.4 is 0 Å². The van der Waals surface area contributed by atoms with E-state index in [2.05, 4.69) is 6.92 Å². The Kier molecular flexibility index (Phi) is 9.05. The van der Waals surface area contributed by atoms with Gasteiger partial charge >= 0.3 is 0 Å². The highest BCUT2D eigenvalue weighted by atomic mass is 16.7. The summed E-state index contributed by atoms with van der Waals surface area (Å²) >= 11 is 0. The fourth-order valence-corrected chi connectivity index (χ4v) is 5.71. The third kappa shape index (κ3) is 5.46. The van der Waals surface area contributed by atoms with Gasteiger partial charge in [-0.15, -0.1) is 0 Å². The number of aliphatic hydroxyl groups is 6. The lowest BCUT2D eigenvalue weighted by Crippen LogP contribution is -2.66. The summed E-state index contributed by atoms with van der Waals surface area (Å²) in [6, 6.07) is 0. The van der Waals surface area contributed by atoms with E-state index in [1.807, 2.05) is 27.7 Å². The summed E-state index contributed by atoms with van der Waals surface area (Å²) in [7, 11) is 0. The standard InChI is InChI=1S/C24H44O10/c1-6-8-23(3,4)34-20-16(28)14(11-26)32-22(18(20)30)33-19-15(27)13(10-25)31-21(17(19)29)24(5)9-12(24)7-2/h12-22,25-30H,6-11H2,1-5H3/t12?,13?,14?,15?,16?,17-,18-,19+,20+,21?,22+,24+/m0/s1. The normalized spacial score (nSPS) is 47.6. The predicted octanol–water partition coefficient (Wildman–Crippen LogP) is -0.308. The van der Waals surface area contributed by atoms with Gasteiger partial charge in [-0.3, -0.25) is 0 Å². The monoisotopic (exact) mass is 492 g/mol. The molecule has 0 bridgehead atoms. The number of hydrogen-bond acceptors (Lipinski definition) is 10.